The zero-order chi connectivity index (χ0) is 24.1. The third kappa shape index (κ3) is 4.93. The van der Waals surface area contributed by atoms with Crippen molar-refractivity contribution in [3.63, 3.8) is 0 Å². The number of ether oxygens (including phenoxy) is 3. The van der Waals surface area contributed by atoms with Crippen molar-refractivity contribution in [3.8, 4) is 11.5 Å². The van der Waals surface area contributed by atoms with Gasteiger partial charge in [-0.1, -0.05) is 12.1 Å². The van der Waals surface area contributed by atoms with Crippen LogP contribution in [0, 0.1) is 0 Å². The lowest BCUT2D eigenvalue weighted by Gasteiger charge is -2.31. The first-order valence-corrected chi connectivity index (χ1v) is 11.5. The number of carbonyl (C=O) groups is 2. The van der Waals surface area contributed by atoms with Gasteiger partial charge in [-0.25, -0.2) is 0 Å². The number of hydrogen-bond donors (Lipinski definition) is 1. The summed E-state index contributed by atoms with van der Waals surface area (Å²) in [7, 11) is 1.56. The second-order valence-corrected chi connectivity index (χ2v) is 8.18. The normalized spacial score (nSPS) is 20.5. The molecule has 2 aliphatic heterocycles. The lowest BCUT2D eigenvalue weighted by atomic mass is 9.95. The number of benzene rings is 2. The number of methoxy groups -OCH3 is 1. The Kier molecular flexibility index (Phi) is 7.49. The summed E-state index contributed by atoms with van der Waals surface area (Å²) in [5, 5.41) is 11.2. The van der Waals surface area contributed by atoms with E-state index in [-0.39, 0.29) is 11.3 Å². The second kappa shape index (κ2) is 10.7. The minimum absolute atomic E-state index is 0.0735. The molecule has 2 saturated heterocycles. The summed E-state index contributed by atoms with van der Waals surface area (Å²) in [5.41, 5.74) is 1.22. The van der Waals surface area contributed by atoms with Crippen molar-refractivity contribution in [3.05, 3.63) is 65.2 Å². The third-order valence-electron chi connectivity index (χ3n) is 6.15. The van der Waals surface area contributed by atoms with Crippen molar-refractivity contribution in [1.82, 2.24) is 9.80 Å². The predicted octanol–water partition coefficient (Wildman–Crippen LogP) is 2.85. The first-order chi connectivity index (χ1) is 16.5. The molecule has 34 heavy (non-hydrogen) atoms. The maximum absolute atomic E-state index is 13.2. The zero-order valence-electron chi connectivity index (χ0n) is 19.5. The number of morpholine rings is 1. The van der Waals surface area contributed by atoms with Gasteiger partial charge >= 0.3 is 0 Å². The summed E-state index contributed by atoms with van der Waals surface area (Å²) in [4.78, 5) is 30.1. The van der Waals surface area contributed by atoms with Gasteiger partial charge in [0, 0.05) is 31.7 Å². The molecule has 2 heterocycles. The Bertz CT molecular complexity index is 1060. The molecule has 0 spiro atoms. The van der Waals surface area contributed by atoms with E-state index in [0.717, 1.165) is 13.1 Å². The minimum Gasteiger partial charge on any atom is -0.507 e. The molecule has 2 aliphatic rings. The highest BCUT2D eigenvalue weighted by Gasteiger charge is 2.46. The second-order valence-electron chi connectivity index (χ2n) is 8.18. The average molecular weight is 467 g/mol. The first kappa shape index (κ1) is 23.8. The quantitative estimate of drug-likeness (QED) is 0.364. The van der Waals surface area contributed by atoms with Crippen LogP contribution in [0.3, 0.4) is 0 Å². The Morgan fingerprint density at radius 2 is 1.79 bits per heavy atom. The highest BCUT2D eigenvalue weighted by Crippen LogP contribution is 2.40. The lowest BCUT2D eigenvalue weighted by molar-refractivity contribution is -0.140. The highest BCUT2D eigenvalue weighted by molar-refractivity contribution is 6.46. The molecule has 180 valence electrons. The molecule has 1 N–H and O–H groups in total. The minimum atomic E-state index is -0.720. The van der Waals surface area contributed by atoms with Crippen LogP contribution in [-0.2, 0) is 14.3 Å². The van der Waals surface area contributed by atoms with Crippen molar-refractivity contribution >= 4 is 17.4 Å². The van der Waals surface area contributed by atoms with Crippen LogP contribution < -0.4 is 9.47 Å². The monoisotopic (exact) mass is 466 g/mol. The van der Waals surface area contributed by atoms with Crippen LogP contribution in [0.4, 0.5) is 0 Å². The van der Waals surface area contributed by atoms with Gasteiger partial charge in [0.2, 0.25) is 0 Å². The van der Waals surface area contributed by atoms with E-state index in [1.807, 2.05) is 19.1 Å². The fourth-order valence-electron chi connectivity index (χ4n) is 4.37. The number of nitrogens with zero attached hydrogens (tertiary/aromatic N) is 2. The van der Waals surface area contributed by atoms with Gasteiger partial charge < -0.3 is 24.2 Å². The Morgan fingerprint density at radius 3 is 2.47 bits per heavy atom. The van der Waals surface area contributed by atoms with E-state index >= 15 is 0 Å². The topological polar surface area (TPSA) is 88.5 Å². The van der Waals surface area contributed by atoms with E-state index in [0.29, 0.717) is 55.5 Å². The van der Waals surface area contributed by atoms with Crippen LogP contribution in [0.1, 0.15) is 24.1 Å². The SMILES string of the molecule is CCOc1ccc(/C(O)=C2/C(=O)C(=O)N(CCN3CCOCC3)C2c2cccc(OC)c2)cc1. The molecule has 0 saturated carbocycles. The van der Waals surface area contributed by atoms with Gasteiger partial charge in [0.25, 0.3) is 11.7 Å². The zero-order valence-corrected chi connectivity index (χ0v) is 19.5. The average Bonchev–Trinajstić information content (AvgIpc) is 3.13. The summed E-state index contributed by atoms with van der Waals surface area (Å²) in [6, 6.07) is 13.4. The van der Waals surface area contributed by atoms with Crippen molar-refractivity contribution in [1.29, 1.82) is 0 Å². The highest BCUT2D eigenvalue weighted by atomic mass is 16.5. The molecular weight excluding hydrogens is 436 g/mol. The summed E-state index contributed by atoms with van der Waals surface area (Å²) in [5.74, 6) is -0.246. The molecule has 8 heteroatoms. The molecule has 2 fully saturated rings. The largest absolute Gasteiger partial charge is 0.507 e. The smallest absolute Gasteiger partial charge is 0.295 e. The number of amides is 1. The molecule has 4 rings (SSSR count). The molecule has 0 aromatic heterocycles. The van der Waals surface area contributed by atoms with Crippen LogP contribution in [0.25, 0.3) is 5.76 Å². The van der Waals surface area contributed by atoms with Crippen molar-refractivity contribution in [2.75, 3.05) is 53.1 Å². The van der Waals surface area contributed by atoms with Gasteiger partial charge in [-0.05, 0) is 48.9 Å². The van der Waals surface area contributed by atoms with Crippen LogP contribution in [-0.4, -0.2) is 79.7 Å². The molecular formula is C26H30N2O6. The Balaban J connectivity index is 1.72. The molecule has 0 aliphatic carbocycles. The number of hydrogen-bond acceptors (Lipinski definition) is 7. The van der Waals surface area contributed by atoms with Gasteiger partial charge in [-0.2, -0.15) is 0 Å². The third-order valence-corrected chi connectivity index (χ3v) is 6.15. The van der Waals surface area contributed by atoms with Crippen LogP contribution in [0.5, 0.6) is 11.5 Å². The molecule has 1 amide bonds. The number of likely N-dealkylation sites (tertiary alicyclic amines) is 1. The van der Waals surface area contributed by atoms with Gasteiger partial charge in [0.05, 0.1) is 38.5 Å². The number of Topliss-reactive ketones (excluding diaryl/α,β-unsaturated/α-hetero) is 1. The number of rotatable bonds is 8. The predicted molar refractivity (Wildman–Crippen MR) is 127 cm³/mol. The molecule has 2 aromatic carbocycles. The Morgan fingerprint density at radius 1 is 1.06 bits per heavy atom. The number of carbonyl (C=O) groups excluding carboxylic acids is 2. The fourth-order valence-corrected chi connectivity index (χ4v) is 4.37. The maximum atomic E-state index is 13.2. The van der Waals surface area contributed by atoms with E-state index in [1.54, 1.807) is 48.4 Å². The van der Waals surface area contributed by atoms with Crippen molar-refractivity contribution < 1.29 is 28.9 Å². The van der Waals surface area contributed by atoms with Crippen LogP contribution >= 0.6 is 0 Å². The molecule has 0 radical (unpaired) electrons. The van der Waals surface area contributed by atoms with Gasteiger partial charge in [0.1, 0.15) is 17.3 Å². The van der Waals surface area contributed by atoms with E-state index in [9.17, 15) is 14.7 Å². The summed E-state index contributed by atoms with van der Waals surface area (Å²) >= 11 is 0. The standard InChI is InChI=1S/C26H30N2O6/c1-3-34-20-9-7-18(8-10-20)24(29)22-23(19-5-4-6-21(17-19)32-2)28(26(31)25(22)30)12-11-27-13-15-33-16-14-27/h4-10,17,23,29H,3,11-16H2,1-2H3/b24-22-. The van der Waals surface area contributed by atoms with E-state index in [1.165, 1.54) is 0 Å². The molecule has 0 bridgehead atoms. The van der Waals surface area contributed by atoms with Gasteiger partial charge in [-0.3, -0.25) is 14.5 Å². The molecule has 1 unspecified atom stereocenters. The summed E-state index contributed by atoms with van der Waals surface area (Å²) < 4.78 is 16.3. The van der Waals surface area contributed by atoms with E-state index < -0.39 is 17.7 Å². The van der Waals surface area contributed by atoms with Crippen LogP contribution in [0.15, 0.2) is 54.1 Å². The van der Waals surface area contributed by atoms with Crippen LogP contribution in [0.2, 0.25) is 0 Å². The molecule has 8 nitrogen and oxygen atoms in total. The van der Waals surface area contributed by atoms with E-state index in [2.05, 4.69) is 4.90 Å². The van der Waals surface area contributed by atoms with Crippen molar-refractivity contribution in [2.24, 2.45) is 0 Å². The molecule has 2 aromatic rings. The van der Waals surface area contributed by atoms with Gasteiger partial charge in [-0.15, -0.1) is 0 Å². The summed E-state index contributed by atoms with van der Waals surface area (Å²) in [6.45, 7) is 6.23. The summed E-state index contributed by atoms with van der Waals surface area (Å²) in [6.07, 6.45) is 0. The Labute approximate surface area is 199 Å². The first-order valence-electron chi connectivity index (χ1n) is 11.5. The lowest BCUT2D eigenvalue weighted by Crippen LogP contribution is -2.42. The van der Waals surface area contributed by atoms with Crippen molar-refractivity contribution in [2.45, 2.75) is 13.0 Å². The maximum Gasteiger partial charge on any atom is 0.295 e. The van der Waals surface area contributed by atoms with Gasteiger partial charge in [0.15, 0.2) is 0 Å². The Hall–Kier alpha value is -3.36. The molecule has 1 atom stereocenters. The van der Waals surface area contributed by atoms with E-state index in [4.69, 9.17) is 14.2 Å². The number of aliphatic hydroxyl groups is 1. The number of aliphatic hydroxyl groups excluding tert-OH is 1. The fraction of sp³-hybridized carbons (Fsp3) is 0.385. The number of ketones is 1.